The molecule has 0 amide bonds. The Hall–Kier alpha value is 0.581. The summed E-state index contributed by atoms with van der Waals surface area (Å²) in [5.74, 6) is 0. The third kappa shape index (κ3) is 5.78. The first-order valence-electron chi connectivity index (χ1n) is 9.18. The van der Waals surface area contributed by atoms with Gasteiger partial charge in [0, 0.05) is 0 Å². The normalized spacial score (nSPS) is 18.0. The fourth-order valence-electron chi connectivity index (χ4n) is 3.81. The van der Waals surface area contributed by atoms with Crippen LogP contribution in [0.25, 0.3) is 0 Å². The Labute approximate surface area is 171 Å². The summed E-state index contributed by atoms with van der Waals surface area (Å²) >= 11 is -1.55. The largest absolute Gasteiger partial charge is 1.00 e. The van der Waals surface area contributed by atoms with Gasteiger partial charge >= 0.3 is 159 Å². The quantitative estimate of drug-likeness (QED) is 0.626. The molecule has 1 aliphatic carbocycles. The fraction of sp³-hybridized carbons (Fsp3) is 0.789. The van der Waals surface area contributed by atoms with Crippen molar-refractivity contribution in [3.8, 4) is 0 Å². The number of rotatable bonds is 7. The van der Waals surface area contributed by atoms with Gasteiger partial charge in [0.2, 0.25) is 0 Å². The van der Waals surface area contributed by atoms with E-state index >= 15 is 0 Å². The summed E-state index contributed by atoms with van der Waals surface area (Å²) in [7, 11) is 7.30. The molecule has 0 bridgehead atoms. The summed E-state index contributed by atoms with van der Waals surface area (Å²) in [6.45, 7) is 16.8. The summed E-state index contributed by atoms with van der Waals surface area (Å²) in [6.07, 6.45) is 7.13. The average Bonchev–Trinajstić information content (AvgIpc) is 2.85. The molecule has 3 nitrogen and oxygen atoms in total. The van der Waals surface area contributed by atoms with Gasteiger partial charge in [0.05, 0.1) is 0 Å². The maximum atomic E-state index is 4.18. The Bertz CT molecular complexity index is 501. The first kappa shape index (κ1) is 25.6. The molecule has 0 radical (unpaired) electrons. The van der Waals surface area contributed by atoms with Crippen molar-refractivity contribution >= 4 is 8.24 Å². The van der Waals surface area contributed by atoms with E-state index in [1.165, 1.54) is 0 Å². The standard InChI is InChI=1S/C15H28NSi.2C2H6N.ClH.Ti/c1-8-15(5,14(2,3)4)16-17(6,7)13-11-9-10-12-13;2*1-3-2;;/h9,11,16H,8,10H2,1-7H3;2*1-2H3;1H;/q;2*-1;;+3/p-1. The van der Waals surface area contributed by atoms with Crippen molar-refractivity contribution in [2.75, 3.05) is 28.2 Å². The van der Waals surface area contributed by atoms with E-state index in [2.05, 4.69) is 99.8 Å². The minimum Gasteiger partial charge on any atom is -1.00 e. The zero-order valence-corrected chi connectivity index (χ0v) is 21.7. The van der Waals surface area contributed by atoms with Gasteiger partial charge in [-0.3, -0.25) is 0 Å². The predicted octanol–water partition coefficient (Wildman–Crippen LogP) is 1.32. The van der Waals surface area contributed by atoms with Crippen LogP contribution in [0, 0.1) is 5.41 Å². The van der Waals surface area contributed by atoms with E-state index in [9.17, 15) is 0 Å². The van der Waals surface area contributed by atoms with Gasteiger partial charge in [-0.15, -0.1) is 0 Å². The molecule has 0 aromatic carbocycles. The molecule has 0 saturated heterocycles. The zero-order chi connectivity index (χ0) is 18.9. The molecule has 6 heteroatoms. The van der Waals surface area contributed by atoms with Crippen LogP contribution in [0.5, 0.6) is 0 Å². The molecule has 1 unspecified atom stereocenters. The van der Waals surface area contributed by atoms with Crippen molar-refractivity contribution in [1.82, 2.24) is 11.7 Å². The van der Waals surface area contributed by atoms with Gasteiger partial charge in [0.1, 0.15) is 0 Å². The number of nitrogens with one attached hydrogen (secondary N) is 1. The second-order valence-corrected chi connectivity index (χ2v) is 18.1. The van der Waals surface area contributed by atoms with Crippen molar-refractivity contribution in [2.45, 2.75) is 66.1 Å². The molecule has 1 atom stereocenters. The summed E-state index contributed by atoms with van der Waals surface area (Å²) in [4.78, 5) is 4.18. The second-order valence-electron chi connectivity index (χ2n) is 9.30. The van der Waals surface area contributed by atoms with E-state index in [0.717, 1.165) is 12.8 Å². The minimum absolute atomic E-state index is 0. The summed E-state index contributed by atoms with van der Waals surface area (Å²) in [5, 5.41) is 1.66. The molecule has 0 spiro atoms. The van der Waals surface area contributed by atoms with Crippen LogP contribution < -0.4 is 17.4 Å². The molecule has 0 aromatic rings. The van der Waals surface area contributed by atoms with E-state index in [1.807, 2.05) is 0 Å². The van der Waals surface area contributed by atoms with Gasteiger partial charge in [0.25, 0.3) is 0 Å². The van der Waals surface area contributed by atoms with Crippen LogP contribution in [0.2, 0.25) is 13.1 Å². The Morgan fingerprint density at radius 1 is 1.08 bits per heavy atom. The molecular weight excluding hydrogens is 382 g/mol. The monoisotopic (exact) mass is 421 g/mol. The molecule has 1 aliphatic rings. The molecule has 0 aromatic heterocycles. The summed E-state index contributed by atoms with van der Waals surface area (Å²) in [6, 6.07) is 0. The zero-order valence-electron chi connectivity index (χ0n) is 18.3. The first-order valence-corrected chi connectivity index (χ1v) is 14.4. The fourth-order valence-corrected chi connectivity index (χ4v) is 13.1. The Morgan fingerprint density at radius 2 is 1.56 bits per heavy atom. The first-order chi connectivity index (χ1) is 10.8. The second kappa shape index (κ2) is 9.18. The van der Waals surface area contributed by atoms with E-state index in [1.54, 1.807) is 9.07 Å². The number of nitrogens with zero attached hydrogens (tertiary/aromatic N) is 2. The topological polar surface area (TPSA) is 18.5 Å². The minimum atomic E-state index is -1.72. The van der Waals surface area contributed by atoms with Crippen molar-refractivity contribution < 1.29 is 30.8 Å². The Morgan fingerprint density at radius 3 is 1.92 bits per heavy atom. The van der Waals surface area contributed by atoms with Crippen molar-refractivity contribution in [1.29, 1.82) is 0 Å². The molecule has 0 heterocycles. The molecule has 0 aliphatic heterocycles. The Kier molecular flexibility index (Phi) is 9.40. The van der Waals surface area contributed by atoms with E-state index in [-0.39, 0.29) is 23.4 Å². The predicted molar refractivity (Wildman–Crippen MR) is 107 cm³/mol. The number of hydrogen-bond donors (Lipinski definition) is 1. The van der Waals surface area contributed by atoms with Gasteiger partial charge in [-0.2, -0.15) is 0 Å². The third-order valence-corrected chi connectivity index (χ3v) is 13.3. The van der Waals surface area contributed by atoms with Crippen LogP contribution in [-0.2, 0) is 18.4 Å². The number of halogens is 1. The SMILES string of the molecule is CCC(C)(N[Si](C)(C)C1=[C]([Ti+]([N](C)C)[N](C)C)CC=C1)C(C)(C)C.[Cl-]. The van der Waals surface area contributed by atoms with Gasteiger partial charge in [-0.25, -0.2) is 0 Å². The molecule has 1 N–H and O–H groups in total. The molecule has 0 saturated carbocycles. The van der Waals surface area contributed by atoms with Gasteiger partial charge in [0.15, 0.2) is 0 Å². The average molecular weight is 422 g/mol. The van der Waals surface area contributed by atoms with Crippen molar-refractivity contribution in [3.05, 3.63) is 21.2 Å². The van der Waals surface area contributed by atoms with Crippen LogP contribution in [0.3, 0.4) is 0 Å². The van der Waals surface area contributed by atoms with E-state index in [0.29, 0.717) is 0 Å². The van der Waals surface area contributed by atoms with Crippen LogP contribution in [0.4, 0.5) is 0 Å². The molecular formula is C19H40ClN3SiTi. The molecule has 0 fully saturated rings. The molecule has 146 valence electrons. The van der Waals surface area contributed by atoms with E-state index in [4.69, 9.17) is 0 Å². The van der Waals surface area contributed by atoms with Gasteiger partial charge in [-0.1, -0.05) is 0 Å². The maximum Gasteiger partial charge on any atom is -1.00 e. The van der Waals surface area contributed by atoms with Crippen LogP contribution >= 0.6 is 0 Å². The summed E-state index contributed by atoms with van der Waals surface area (Å²) in [5.41, 5.74) is 0.408. The molecule has 1 rings (SSSR count). The van der Waals surface area contributed by atoms with Gasteiger partial charge < -0.3 is 12.4 Å². The smallest absolute Gasteiger partial charge is 1.00 e. The number of hydrogen-bond acceptors (Lipinski definition) is 3. The van der Waals surface area contributed by atoms with Crippen LogP contribution in [0.15, 0.2) is 21.2 Å². The third-order valence-electron chi connectivity index (χ3n) is 5.67. The van der Waals surface area contributed by atoms with Gasteiger partial charge in [-0.05, 0) is 0 Å². The molecule has 25 heavy (non-hydrogen) atoms. The summed E-state index contributed by atoms with van der Waals surface area (Å²) < 4.78 is 6.73. The van der Waals surface area contributed by atoms with Crippen molar-refractivity contribution in [2.24, 2.45) is 5.41 Å². The van der Waals surface area contributed by atoms with Crippen LogP contribution in [-0.4, -0.2) is 48.7 Å². The van der Waals surface area contributed by atoms with Crippen LogP contribution in [0.1, 0.15) is 47.5 Å². The van der Waals surface area contributed by atoms with Crippen molar-refractivity contribution in [3.63, 3.8) is 0 Å². The maximum absolute atomic E-state index is 4.18. The van der Waals surface area contributed by atoms with E-state index < -0.39 is 26.6 Å². The Balaban J connectivity index is 0.00000576. The number of allylic oxidation sites excluding steroid dienone is 4.